The summed E-state index contributed by atoms with van der Waals surface area (Å²) in [4.78, 5) is 13.8. The third-order valence-electron chi connectivity index (χ3n) is 1.68. The van der Waals surface area contributed by atoms with Crippen LogP contribution >= 0.6 is 0 Å². The molecule has 0 radical (unpaired) electrons. The Kier molecular flexibility index (Phi) is 2.98. The Morgan fingerprint density at radius 3 is 2.71 bits per heavy atom. The van der Waals surface area contributed by atoms with E-state index in [1.807, 2.05) is 0 Å². The molecule has 1 rings (SSSR count). The fourth-order valence-electron chi connectivity index (χ4n) is 1.03. The summed E-state index contributed by atoms with van der Waals surface area (Å²) in [5.41, 5.74) is 0.352. The van der Waals surface area contributed by atoms with E-state index < -0.39 is 4.92 Å². The third kappa shape index (κ3) is 2.17. The van der Waals surface area contributed by atoms with E-state index in [2.05, 4.69) is 4.98 Å². The number of nitrogens with zero attached hydrogens (tertiary/aromatic N) is 3. The molecule has 0 saturated heterocycles. The molecule has 0 unspecified atom stereocenters. The van der Waals surface area contributed by atoms with Gasteiger partial charge in [-0.1, -0.05) is 0 Å². The summed E-state index contributed by atoms with van der Waals surface area (Å²) in [6, 6.07) is 2.50. The fraction of sp³-hybridized carbons (Fsp3) is 0.375. The molecule has 0 bridgehead atoms. The minimum absolute atomic E-state index is 0.0826. The molecule has 0 aliphatic heterocycles. The average molecular weight is 196 g/mol. The van der Waals surface area contributed by atoms with Crippen LogP contribution < -0.4 is 5.06 Å². The van der Waals surface area contributed by atoms with E-state index in [4.69, 9.17) is 0 Å². The highest BCUT2D eigenvalue weighted by molar-refractivity contribution is 5.48. The molecule has 0 saturated carbocycles. The van der Waals surface area contributed by atoms with Gasteiger partial charge < -0.3 is 10.3 Å². The van der Waals surface area contributed by atoms with Gasteiger partial charge in [-0.15, -0.1) is 0 Å². The van der Waals surface area contributed by atoms with Gasteiger partial charge in [0.1, 0.15) is 5.82 Å². The van der Waals surface area contributed by atoms with E-state index in [-0.39, 0.29) is 18.1 Å². The van der Waals surface area contributed by atoms with Crippen molar-refractivity contribution in [1.82, 2.24) is 4.98 Å². The highest BCUT2D eigenvalue weighted by Gasteiger charge is 2.09. The zero-order valence-corrected chi connectivity index (χ0v) is 7.93. The van der Waals surface area contributed by atoms with Crippen LogP contribution in [-0.2, 0) is 0 Å². The van der Waals surface area contributed by atoms with Gasteiger partial charge in [0.2, 0.25) is 0 Å². The lowest BCUT2D eigenvalue weighted by Gasteiger charge is -2.27. The molecular formula is C8H10N3O3-. The van der Waals surface area contributed by atoms with Crippen molar-refractivity contribution in [2.24, 2.45) is 0 Å². The lowest BCUT2D eigenvalue weighted by molar-refractivity contribution is -0.384. The van der Waals surface area contributed by atoms with Crippen molar-refractivity contribution in [2.45, 2.75) is 13.8 Å². The number of hydrogen-bond donors (Lipinski definition) is 0. The summed E-state index contributed by atoms with van der Waals surface area (Å²) in [5, 5.41) is 22.3. The molecule has 0 N–H and O–H groups in total. The van der Waals surface area contributed by atoms with Gasteiger partial charge in [-0.05, 0) is 13.8 Å². The zero-order chi connectivity index (χ0) is 10.7. The quantitative estimate of drug-likeness (QED) is 0.541. The molecular weight excluding hydrogens is 186 g/mol. The van der Waals surface area contributed by atoms with Crippen molar-refractivity contribution in [1.29, 1.82) is 0 Å². The summed E-state index contributed by atoms with van der Waals surface area (Å²) in [5.74, 6) is 0.0826. The van der Waals surface area contributed by atoms with E-state index in [1.165, 1.54) is 12.1 Å². The monoisotopic (exact) mass is 196 g/mol. The van der Waals surface area contributed by atoms with Gasteiger partial charge in [0, 0.05) is 18.3 Å². The molecule has 0 aliphatic carbocycles. The number of hydrogen-bond acceptors (Lipinski definition) is 5. The van der Waals surface area contributed by atoms with Gasteiger partial charge in [-0.3, -0.25) is 10.1 Å². The molecule has 0 aromatic carbocycles. The smallest absolute Gasteiger partial charge is 0.274 e. The van der Waals surface area contributed by atoms with Gasteiger partial charge in [-0.25, -0.2) is 4.98 Å². The lowest BCUT2D eigenvalue weighted by Crippen LogP contribution is -2.15. The normalized spacial score (nSPS) is 9.93. The maximum absolute atomic E-state index is 11.2. The van der Waals surface area contributed by atoms with Crippen molar-refractivity contribution in [2.75, 3.05) is 11.6 Å². The highest BCUT2D eigenvalue weighted by atomic mass is 16.6. The first-order valence-corrected chi connectivity index (χ1v) is 4.12. The van der Waals surface area contributed by atoms with Crippen molar-refractivity contribution in [3.8, 4) is 0 Å². The minimum atomic E-state index is -0.540. The number of rotatable bonds is 3. The Morgan fingerprint density at radius 2 is 2.21 bits per heavy atom. The van der Waals surface area contributed by atoms with Gasteiger partial charge in [0.05, 0.1) is 11.0 Å². The third-order valence-corrected chi connectivity index (χ3v) is 1.68. The Labute approximate surface area is 80.9 Å². The topological polar surface area (TPSA) is 82.3 Å². The standard InChI is InChI=1S/C8H10N3O3/c1-3-10(12)8-5-7(11(13)14)4-6(2)9-8/h4-5H,3H2,1-2H3/q-1. The van der Waals surface area contributed by atoms with E-state index in [0.29, 0.717) is 10.8 Å². The summed E-state index contributed by atoms with van der Waals surface area (Å²) >= 11 is 0. The first-order chi connectivity index (χ1) is 6.54. The zero-order valence-electron chi connectivity index (χ0n) is 7.93. The molecule has 0 aliphatic rings. The van der Waals surface area contributed by atoms with Gasteiger partial charge >= 0.3 is 0 Å². The molecule has 76 valence electrons. The predicted octanol–water partition coefficient (Wildman–Crippen LogP) is 1.62. The maximum atomic E-state index is 11.2. The molecule has 6 nitrogen and oxygen atoms in total. The van der Waals surface area contributed by atoms with Crippen LogP contribution in [0.15, 0.2) is 12.1 Å². The fourth-order valence-corrected chi connectivity index (χ4v) is 1.03. The molecule has 14 heavy (non-hydrogen) atoms. The summed E-state index contributed by atoms with van der Waals surface area (Å²) in [6.45, 7) is 3.48. The second kappa shape index (κ2) is 4.01. The Balaban J connectivity index is 3.13. The predicted molar refractivity (Wildman–Crippen MR) is 52.0 cm³/mol. The van der Waals surface area contributed by atoms with Crippen LogP contribution in [0.4, 0.5) is 11.5 Å². The van der Waals surface area contributed by atoms with Crippen LogP contribution in [0.25, 0.3) is 0 Å². The van der Waals surface area contributed by atoms with Crippen molar-refractivity contribution >= 4 is 11.5 Å². The number of pyridine rings is 1. The Hall–Kier alpha value is -1.69. The van der Waals surface area contributed by atoms with Crippen molar-refractivity contribution in [3.05, 3.63) is 33.1 Å². The first kappa shape index (κ1) is 10.4. The van der Waals surface area contributed by atoms with Crippen LogP contribution in [-0.4, -0.2) is 16.5 Å². The van der Waals surface area contributed by atoms with Gasteiger partial charge in [0.25, 0.3) is 5.69 Å². The summed E-state index contributed by atoms with van der Waals surface area (Å²) in [6.07, 6.45) is 0. The highest BCUT2D eigenvalue weighted by Crippen LogP contribution is 2.19. The summed E-state index contributed by atoms with van der Waals surface area (Å²) in [7, 11) is 0. The van der Waals surface area contributed by atoms with Crippen LogP contribution in [0.3, 0.4) is 0 Å². The second-order valence-electron chi connectivity index (χ2n) is 2.78. The lowest BCUT2D eigenvalue weighted by atomic mass is 10.3. The van der Waals surface area contributed by atoms with E-state index in [1.54, 1.807) is 13.8 Å². The molecule has 0 spiro atoms. The van der Waals surface area contributed by atoms with E-state index in [0.717, 1.165) is 0 Å². The first-order valence-electron chi connectivity index (χ1n) is 4.12. The van der Waals surface area contributed by atoms with Crippen LogP contribution in [0.5, 0.6) is 0 Å². The van der Waals surface area contributed by atoms with E-state index >= 15 is 0 Å². The van der Waals surface area contributed by atoms with Crippen LogP contribution in [0, 0.1) is 22.2 Å². The van der Waals surface area contributed by atoms with Crippen molar-refractivity contribution < 1.29 is 4.92 Å². The van der Waals surface area contributed by atoms with Crippen LogP contribution in [0.2, 0.25) is 0 Å². The number of aryl methyl sites for hydroxylation is 1. The van der Waals surface area contributed by atoms with Crippen LogP contribution in [0.1, 0.15) is 12.6 Å². The van der Waals surface area contributed by atoms with E-state index in [9.17, 15) is 15.3 Å². The number of hydroxylamine groups is 1. The molecule has 0 atom stereocenters. The molecule has 0 amide bonds. The van der Waals surface area contributed by atoms with Gasteiger partial charge in [0.15, 0.2) is 0 Å². The SMILES string of the molecule is CCN([O-])c1cc([N+](=O)[O-])cc(C)n1. The van der Waals surface area contributed by atoms with Gasteiger partial charge in [-0.2, -0.15) is 0 Å². The minimum Gasteiger partial charge on any atom is -0.757 e. The number of aromatic nitrogens is 1. The average Bonchev–Trinajstić information content (AvgIpc) is 2.15. The Bertz CT molecular complexity index is 354. The molecule has 1 heterocycles. The molecule has 0 fully saturated rings. The Morgan fingerprint density at radius 1 is 1.57 bits per heavy atom. The summed E-state index contributed by atoms with van der Waals surface area (Å²) < 4.78 is 0. The number of anilines is 1. The second-order valence-corrected chi connectivity index (χ2v) is 2.78. The molecule has 1 aromatic rings. The largest absolute Gasteiger partial charge is 0.757 e. The van der Waals surface area contributed by atoms with Crippen molar-refractivity contribution in [3.63, 3.8) is 0 Å². The number of nitro groups is 1. The molecule has 1 aromatic heterocycles. The molecule has 6 heteroatoms. The maximum Gasteiger partial charge on any atom is 0.274 e.